The Labute approximate surface area is 110 Å². The smallest absolute Gasteiger partial charge is 0.255 e. The van der Waals surface area contributed by atoms with Gasteiger partial charge in [0.05, 0.1) is 0 Å². The van der Waals surface area contributed by atoms with E-state index in [4.69, 9.17) is 0 Å². The van der Waals surface area contributed by atoms with Gasteiger partial charge in [0.15, 0.2) is 0 Å². The molecule has 96 valence electrons. The number of aromatic nitrogens is 2. The van der Waals surface area contributed by atoms with Crippen LogP contribution < -0.4 is 10.9 Å². The molecule has 0 aliphatic carbocycles. The van der Waals surface area contributed by atoms with E-state index < -0.39 is 0 Å². The molecule has 0 bridgehead atoms. The lowest BCUT2D eigenvalue weighted by atomic mass is 10.1. The Kier molecular flexibility index (Phi) is 3.63. The van der Waals surface area contributed by atoms with Crippen LogP contribution in [-0.4, -0.2) is 15.5 Å². The summed E-state index contributed by atoms with van der Waals surface area (Å²) in [6.45, 7) is 6.72. The first kappa shape index (κ1) is 13.0. The van der Waals surface area contributed by atoms with Gasteiger partial charge in [-0.1, -0.05) is 0 Å². The first-order valence-corrected chi connectivity index (χ1v) is 6.76. The molecule has 0 fully saturated rings. The van der Waals surface area contributed by atoms with Crippen LogP contribution in [0.1, 0.15) is 26.3 Å². The second-order valence-corrected chi connectivity index (χ2v) is 5.98. The summed E-state index contributed by atoms with van der Waals surface area (Å²) in [6.07, 6.45) is 1.64. The highest BCUT2D eigenvalue weighted by Gasteiger charge is 2.11. The van der Waals surface area contributed by atoms with Crippen LogP contribution in [0.4, 0.5) is 0 Å². The van der Waals surface area contributed by atoms with Crippen molar-refractivity contribution in [1.82, 2.24) is 15.3 Å². The Hall–Kier alpha value is -1.46. The molecule has 0 amide bonds. The van der Waals surface area contributed by atoms with Gasteiger partial charge >= 0.3 is 0 Å². The molecule has 0 unspecified atom stereocenters. The predicted molar refractivity (Wildman–Crippen MR) is 74.8 cm³/mol. The second kappa shape index (κ2) is 5.04. The molecule has 0 saturated carbocycles. The minimum Gasteiger partial charge on any atom is -0.308 e. The van der Waals surface area contributed by atoms with Crippen LogP contribution in [0.25, 0.3) is 11.4 Å². The van der Waals surface area contributed by atoms with Gasteiger partial charge in [0.25, 0.3) is 5.56 Å². The average molecular weight is 263 g/mol. The fraction of sp³-hybridized carbons (Fsp3) is 0.385. The number of H-pyrrole nitrogens is 1. The molecule has 0 aromatic carbocycles. The van der Waals surface area contributed by atoms with Crippen molar-refractivity contribution in [2.75, 3.05) is 0 Å². The van der Waals surface area contributed by atoms with Crippen molar-refractivity contribution in [2.24, 2.45) is 0 Å². The Morgan fingerprint density at radius 1 is 1.44 bits per heavy atom. The summed E-state index contributed by atoms with van der Waals surface area (Å²) >= 11 is 1.58. The quantitative estimate of drug-likeness (QED) is 0.894. The normalized spacial score (nSPS) is 11.7. The van der Waals surface area contributed by atoms with E-state index in [2.05, 4.69) is 36.1 Å². The minimum absolute atomic E-state index is 0.0154. The molecule has 2 rings (SSSR count). The van der Waals surface area contributed by atoms with Gasteiger partial charge in [-0.25, -0.2) is 4.98 Å². The molecule has 0 aliphatic rings. The Bertz CT molecular complexity index is 567. The van der Waals surface area contributed by atoms with Crippen molar-refractivity contribution < 1.29 is 0 Å². The number of thiophene rings is 1. The molecular formula is C13H17N3OS. The summed E-state index contributed by atoms with van der Waals surface area (Å²) in [5.74, 6) is 0.626. The largest absolute Gasteiger partial charge is 0.308 e. The van der Waals surface area contributed by atoms with Crippen LogP contribution >= 0.6 is 11.3 Å². The maximum atomic E-state index is 11.9. The van der Waals surface area contributed by atoms with E-state index in [1.54, 1.807) is 17.5 Å². The molecule has 0 radical (unpaired) electrons. The lowest BCUT2D eigenvalue weighted by molar-refractivity contribution is 0.423. The topological polar surface area (TPSA) is 57.8 Å². The standard InChI is InChI=1S/C13H17N3OS/c1-13(2,3)15-7-10-6-14-11(16-12(10)17)9-4-5-18-8-9/h4-6,8,15H,7H2,1-3H3,(H,14,16,17). The van der Waals surface area contributed by atoms with Gasteiger partial charge < -0.3 is 10.3 Å². The SMILES string of the molecule is CC(C)(C)NCc1cnc(-c2ccsc2)[nH]c1=O. The van der Waals surface area contributed by atoms with Crippen molar-refractivity contribution in [3.8, 4) is 11.4 Å². The lowest BCUT2D eigenvalue weighted by Crippen LogP contribution is -2.36. The van der Waals surface area contributed by atoms with E-state index in [9.17, 15) is 4.79 Å². The lowest BCUT2D eigenvalue weighted by Gasteiger charge is -2.20. The Balaban J connectivity index is 2.19. The number of hydrogen-bond acceptors (Lipinski definition) is 4. The van der Waals surface area contributed by atoms with Crippen LogP contribution in [0.2, 0.25) is 0 Å². The van der Waals surface area contributed by atoms with Crippen LogP contribution in [0.3, 0.4) is 0 Å². The number of nitrogens with one attached hydrogen (secondary N) is 2. The molecule has 2 N–H and O–H groups in total. The third kappa shape index (κ3) is 3.27. The van der Waals surface area contributed by atoms with Gasteiger partial charge in [-0.2, -0.15) is 11.3 Å². The van der Waals surface area contributed by atoms with Gasteiger partial charge in [-0.15, -0.1) is 0 Å². The molecule has 4 nitrogen and oxygen atoms in total. The van der Waals surface area contributed by atoms with Gasteiger partial charge in [-0.3, -0.25) is 4.79 Å². The molecule has 0 saturated heterocycles. The van der Waals surface area contributed by atoms with Crippen LogP contribution in [0, 0.1) is 0 Å². The van der Waals surface area contributed by atoms with Gasteiger partial charge in [-0.05, 0) is 32.2 Å². The monoisotopic (exact) mass is 263 g/mol. The van der Waals surface area contributed by atoms with E-state index >= 15 is 0 Å². The predicted octanol–water partition coefficient (Wildman–Crippen LogP) is 2.39. The van der Waals surface area contributed by atoms with E-state index in [0.717, 1.165) is 5.56 Å². The average Bonchev–Trinajstić information content (AvgIpc) is 2.79. The van der Waals surface area contributed by atoms with E-state index in [-0.39, 0.29) is 11.1 Å². The van der Waals surface area contributed by atoms with Gasteiger partial charge in [0.2, 0.25) is 0 Å². The highest BCUT2D eigenvalue weighted by molar-refractivity contribution is 7.08. The van der Waals surface area contributed by atoms with E-state index in [1.807, 2.05) is 16.8 Å². The van der Waals surface area contributed by atoms with Crippen molar-refractivity contribution in [3.05, 3.63) is 38.9 Å². The third-order valence-electron chi connectivity index (χ3n) is 2.48. The summed E-state index contributed by atoms with van der Waals surface area (Å²) in [5, 5.41) is 7.20. The Morgan fingerprint density at radius 2 is 2.22 bits per heavy atom. The minimum atomic E-state index is -0.0806. The molecule has 0 atom stereocenters. The van der Waals surface area contributed by atoms with E-state index in [0.29, 0.717) is 17.9 Å². The van der Waals surface area contributed by atoms with Crippen molar-refractivity contribution in [2.45, 2.75) is 32.9 Å². The summed E-state index contributed by atoms with van der Waals surface area (Å²) in [5.41, 5.74) is 1.51. The maximum absolute atomic E-state index is 11.9. The molecule has 2 aromatic heterocycles. The molecule has 0 spiro atoms. The fourth-order valence-corrected chi connectivity index (χ4v) is 2.09. The zero-order valence-corrected chi connectivity index (χ0v) is 11.6. The van der Waals surface area contributed by atoms with Crippen molar-refractivity contribution in [1.29, 1.82) is 0 Å². The van der Waals surface area contributed by atoms with E-state index in [1.165, 1.54) is 0 Å². The zero-order chi connectivity index (χ0) is 13.2. The zero-order valence-electron chi connectivity index (χ0n) is 10.8. The van der Waals surface area contributed by atoms with Crippen LogP contribution in [-0.2, 0) is 6.54 Å². The van der Waals surface area contributed by atoms with Crippen LogP contribution in [0.5, 0.6) is 0 Å². The first-order chi connectivity index (χ1) is 8.46. The van der Waals surface area contributed by atoms with Gasteiger partial charge in [0.1, 0.15) is 5.82 Å². The van der Waals surface area contributed by atoms with Crippen molar-refractivity contribution in [3.63, 3.8) is 0 Å². The number of nitrogens with zero attached hydrogens (tertiary/aromatic N) is 1. The Morgan fingerprint density at radius 3 is 2.78 bits per heavy atom. The molecular weight excluding hydrogens is 246 g/mol. The highest BCUT2D eigenvalue weighted by atomic mass is 32.1. The molecule has 18 heavy (non-hydrogen) atoms. The summed E-state index contributed by atoms with van der Waals surface area (Å²) < 4.78 is 0. The van der Waals surface area contributed by atoms with Gasteiger partial charge in [0, 0.05) is 34.8 Å². The molecule has 5 heteroatoms. The fourth-order valence-electron chi connectivity index (χ4n) is 1.45. The number of hydrogen-bond donors (Lipinski definition) is 2. The highest BCUT2D eigenvalue weighted by Crippen LogP contribution is 2.16. The van der Waals surface area contributed by atoms with Crippen molar-refractivity contribution >= 4 is 11.3 Å². The molecule has 2 aromatic rings. The van der Waals surface area contributed by atoms with Crippen LogP contribution in [0.15, 0.2) is 27.8 Å². The molecule has 2 heterocycles. The summed E-state index contributed by atoms with van der Waals surface area (Å²) in [4.78, 5) is 19.0. The maximum Gasteiger partial charge on any atom is 0.255 e. The first-order valence-electron chi connectivity index (χ1n) is 5.81. The third-order valence-corrected chi connectivity index (χ3v) is 3.16. The number of aromatic amines is 1. The summed E-state index contributed by atoms with van der Waals surface area (Å²) in [7, 11) is 0. The summed E-state index contributed by atoms with van der Waals surface area (Å²) in [6, 6.07) is 1.94. The second-order valence-electron chi connectivity index (χ2n) is 5.20. The number of rotatable bonds is 3. The molecule has 0 aliphatic heterocycles.